The number of benzene rings is 1. The summed E-state index contributed by atoms with van der Waals surface area (Å²) in [6, 6.07) is 6.48. The zero-order valence-electron chi connectivity index (χ0n) is 9.97. The molecule has 0 radical (unpaired) electrons. The second kappa shape index (κ2) is 3.88. The van der Waals surface area contributed by atoms with Gasteiger partial charge in [0.2, 0.25) is 5.76 Å². The molecule has 3 N–H and O–H groups in total. The number of fused-ring (bicyclic) bond motifs is 1. The lowest BCUT2D eigenvalue weighted by atomic mass is 10.1. The Kier molecular flexibility index (Phi) is 2.31. The first kappa shape index (κ1) is 11.3. The molecule has 2 aromatic heterocycles. The monoisotopic (exact) mass is 258 g/mol. The first-order chi connectivity index (χ1) is 9.08. The number of H-pyrrole nitrogens is 1. The predicted molar refractivity (Wildman–Crippen MR) is 67.2 cm³/mol. The smallest absolute Gasteiger partial charge is 0.374 e. The highest BCUT2D eigenvalue weighted by atomic mass is 16.5. The van der Waals surface area contributed by atoms with E-state index in [0.29, 0.717) is 11.2 Å². The van der Waals surface area contributed by atoms with E-state index in [2.05, 4.69) is 10.1 Å². The molecule has 0 aliphatic rings. The molecule has 3 aromatic rings. The van der Waals surface area contributed by atoms with Crippen molar-refractivity contribution in [2.75, 3.05) is 0 Å². The summed E-state index contributed by atoms with van der Waals surface area (Å²) in [5, 5.41) is 23.2. The molecular formula is C13H10N2O4. The maximum Gasteiger partial charge on any atom is 0.374 e. The number of phenols is 1. The predicted octanol–water partition coefficient (Wildman–Crippen LogP) is 2.54. The fourth-order valence-corrected chi connectivity index (χ4v) is 2.16. The molecule has 6 heteroatoms. The number of aromatic amines is 1. The molecule has 0 aliphatic heterocycles. The molecule has 0 bridgehead atoms. The quantitative estimate of drug-likeness (QED) is 0.656. The number of nitrogens with zero attached hydrogens (tertiary/aromatic N) is 1. The third-order valence-electron chi connectivity index (χ3n) is 2.98. The Morgan fingerprint density at radius 3 is 2.89 bits per heavy atom. The van der Waals surface area contributed by atoms with Crippen molar-refractivity contribution in [3.05, 3.63) is 35.7 Å². The van der Waals surface area contributed by atoms with Gasteiger partial charge in [-0.3, -0.25) is 0 Å². The summed E-state index contributed by atoms with van der Waals surface area (Å²) in [6.45, 7) is 1.82. The van der Waals surface area contributed by atoms with Gasteiger partial charge in [-0.25, -0.2) is 4.79 Å². The average molecular weight is 258 g/mol. The van der Waals surface area contributed by atoms with Gasteiger partial charge in [0, 0.05) is 22.7 Å². The summed E-state index contributed by atoms with van der Waals surface area (Å²) in [4.78, 5) is 13.9. The van der Waals surface area contributed by atoms with Crippen LogP contribution in [0, 0.1) is 6.92 Å². The van der Waals surface area contributed by atoms with E-state index in [1.807, 2.05) is 13.0 Å². The highest BCUT2D eigenvalue weighted by Crippen LogP contribution is 2.35. The van der Waals surface area contributed by atoms with Crippen molar-refractivity contribution in [3.63, 3.8) is 0 Å². The highest BCUT2D eigenvalue weighted by Gasteiger charge is 2.18. The van der Waals surface area contributed by atoms with Crippen LogP contribution in [0.2, 0.25) is 0 Å². The minimum absolute atomic E-state index is 0.133. The molecule has 0 amide bonds. The maximum absolute atomic E-state index is 10.8. The number of aromatic nitrogens is 2. The lowest BCUT2D eigenvalue weighted by molar-refractivity contribution is 0.0652. The largest absolute Gasteiger partial charge is 0.506 e. The average Bonchev–Trinajstić information content (AvgIpc) is 2.93. The molecule has 96 valence electrons. The van der Waals surface area contributed by atoms with Crippen LogP contribution in [-0.4, -0.2) is 26.3 Å². The third-order valence-corrected chi connectivity index (χ3v) is 2.98. The van der Waals surface area contributed by atoms with Gasteiger partial charge in [0.05, 0.1) is 5.52 Å². The molecule has 0 atom stereocenters. The van der Waals surface area contributed by atoms with Gasteiger partial charge in [-0.2, -0.15) is 0 Å². The minimum atomic E-state index is -1.17. The summed E-state index contributed by atoms with van der Waals surface area (Å²) in [6.07, 6.45) is 0. The van der Waals surface area contributed by atoms with Crippen molar-refractivity contribution in [1.29, 1.82) is 0 Å². The topological polar surface area (TPSA) is 99.3 Å². The van der Waals surface area contributed by atoms with Crippen LogP contribution in [-0.2, 0) is 0 Å². The zero-order chi connectivity index (χ0) is 13.6. The number of aryl methyl sites for hydroxylation is 1. The SMILES string of the molecule is Cc1[nH]c2c(O)cccc2c1-c1cc(C(=O)O)on1. The number of para-hydroxylation sites is 1. The van der Waals surface area contributed by atoms with E-state index in [0.717, 1.165) is 16.6 Å². The Hall–Kier alpha value is -2.76. The molecule has 0 saturated carbocycles. The first-order valence-corrected chi connectivity index (χ1v) is 5.58. The molecular weight excluding hydrogens is 248 g/mol. The van der Waals surface area contributed by atoms with Crippen molar-refractivity contribution in [2.24, 2.45) is 0 Å². The Labute approximate surface area is 107 Å². The van der Waals surface area contributed by atoms with E-state index in [-0.39, 0.29) is 11.5 Å². The number of carbonyl (C=O) groups is 1. The van der Waals surface area contributed by atoms with Crippen LogP contribution in [0.3, 0.4) is 0 Å². The van der Waals surface area contributed by atoms with Crippen molar-refractivity contribution in [2.45, 2.75) is 6.92 Å². The van der Waals surface area contributed by atoms with Crippen LogP contribution in [0.1, 0.15) is 16.2 Å². The number of carboxylic acids is 1. The number of hydrogen-bond donors (Lipinski definition) is 3. The summed E-state index contributed by atoms with van der Waals surface area (Å²) in [5.74, 6) is -1.25. The summed E-state index contributed by atoms with van der Waals surface area (Å²) in [7, 11) is 0. The minimum Gasteiger partial charge on any atom is -0.506 e. The van der Waals surface area contributed by atoms with Gasteiger partial charge < -0.3 is 19.7 Å². The number of phenolic OH excluding ortho intramolecular Hbond substituents is 1. The first-order valence-electron chi connectivity index (χ1n) is 5.58. The van der Waals surface area contributed by atoms with Crippen LogP contribution >= 0.6 is 0 Å². The van der Waals surface area contributed by atoms with E-state index in [1.54, 1.807) is 12.1 Å². The number of nitrogens with one attached hydrogen (secondary N) is 1. The van der Waals surface area contributed by atoms with Gasteiger partial charge in [-0.05, 0) is 13.0 Å². The van der Waals surface area contributed by atoms with Crippen LogP contribution in [0.15, 0.2) is 28.8 Å². The van der Waals surface area contributed by atoms with Gasteiger partial charge in [-0.15, -0.1) is 0 Å². The van der Waals surface area contributed by atoms with Gasteiger partial charge in [-0.1, -0.05) is 17.3 Å². The fourth-order valence-electron chi connectivity index (χ4n) is 2.16. The second-order valence-corrected chi connectivity index (χ2v) is 4.21. The number of carboxylic acid groups (broad SMARTS) is 1. The Morgan fingerprint density at radius 1 is 1.42 bits per heavy atom. The van der Waals surface area contributed by atoms with Gasteiger partial charge in [0.1, 0.15) is 11.4 Å². The van der Waals surface area contributed by atoms with Crippen LogP contribution in [0.4, 0.5) is 0 Å². The highest BCUT2D eigenvalue weighted by molar-refractivity contribution is 6.00. The molecule has 3 rings (SSSR count). The number of aromatic carboxylic acids is 1. The van der Waals surface area contributed by atoms with E-state index in [9.17, 15) is 9.90 Å². The molecule has 0 unspecified atom stereocenters. The summed E-state index contributed by atoms with van der Waals surface area (Å²) < 4.78 is 4.76. The van der Waals surface area contributed by atoms with E-state index in [4.69, 9.17) is 9.63 Å². The Balaban J connectivity index is 2.26. The summed E-state index contributed by atoms with van der Waals surface area (Å²) >= 11 is 0. The second-order valence-electron chi connectivity index (χ2n) is 4.21. The van der Waals surface area contributed by atoms with E-state index >= 15 is 0 Å². The Morgan fingerprint density at radius 2 is 2.21 bits per heavy atom. The van der Waals surface area contributed by atoms with Crippen molar-refractivity contribution >= 4 is 16.9 Å². The maximum atomic E-state index is 10.8. The van der Waals surface area contributed by atoms with E-state index < -0.39 is 5.97 Å². The number of aromatic hydroxyl groups is 1. The van der Waals surface area contributed by atoms with Crippen molar-refractivity contribution in [1.82, 2.24) is 10.1 Å². The fraction of sp³-hybridized carbons (Fsp3) is 0.0769. The molecule has 0 spiro atoms. The van der Waals surface area contributed by atoms with E-state index in [1.165, 1.54) is 6.07 Å². The van der Waals surface area contributed by atoms with Gasteiger partial charge >= 0.3 is 5.97 Å². The van der Waals surface area contributed by atoms with Crippen molar-refractivity contribution < 1.29 is 19.5 Å². The summed E-state index contributed by atoms with van der Waals surface area (Å²) in [5.41, 5.74) is 2.52. The lowest BCUT2D eigenvalue weighted by Gasteiger charge is -1.95. The molecule has 6 nitrogen and oxygen atoms in total. The lowest BCUT2D eigenvalue weighted by Crippen LogP contribution is -1.91. The number of hydrogen-bond acceptors (Lipinski definition) is 4. The Bertz CT molecular complexity index is 785. The van der Waals surface area contributed by atoms with Crippen LogP contribution < -0.4 is 0 Å². The molecule has 1 aromatic carbocycles. The molecule has 0 saturated heterocycles. The molecule has 19 heavy (non-hydrogen) atoms. The van der Waals surface area contributed by atoms with Gasteiger partial charge in [0.15, 0.2) is 0 Å². The zero-order valence-corrected chi connectivity index (χ0v) is 9.97. The third kappa shape index (κ3) is 1.65. The normalized spacial score (nSPS) is 11.0. The van der Waals surface area contributed by atoms with Gasteiger partial charge in [0.25, 0.3) is 0 Å². The van der Waals surface area contributed by atoms with Crippen LogP contribution in [0.25, 0.3) is 22.2 Å². The van der Waals surface area contributed by atoms with Crippen molar-refractivity contribution in [3.8, 4) is 17.0 Å². The molecule has 0 fully saturated rings. The standard InChI is InChI=1S/C13H10N2O4/c1-6-11(8-5-10(13(17)18)19-15-8)7-3-2-4-9(16)12(7)14-6/h2-5,14,16H,1H3,(H,17,18). The van der Waals surface area contributed by atoms with Crippen LogP contribution in [0.5, 0.6) is 5.75 Å². The molecule has 2 heterocycles. The molecule has 0 aliphatic carbocycles. The number of rotatable bonds is 2.